The number of thioether (sulfide) groups is 1. The third-order valence-electron chi connectivity index (χ3n) is 5.16. The fourth-order valence-corrected chi connectivity index (χ4v) is 4.67. The lowest BCUT2D eigenvalue weighted by Gasteiger charge is -2.16. The maximum atomic E-state index is 13.0. The standard InChI is InChI=1S/C23H26N4O5S/c1-5-11-26-22(29)19(33-23(26)25-21-14(2)7-6-8-15(21)3)13-20(28)24-17-10-9-16(32-4)12-18(17)27(30)31/h6-10,12,19H,5,11,13H2,1-4H3,(H,24,28). The first-order valence-corrected chi connectivity index (χ1v) is 11.4. The monoisotopic (exact) mass is 470 g/mol. The molecule has 1 aliphatic rings. The van der Waals surface area contributed by atoms with Crippen LogP contribution in [0.5, 0.6) is 5.75 Å². The van der Waals surface area contributed by atoms with Crippen LogP contribution < -0.4 is 10.1 Å². The number of ether oxygens (including phenoxy) is 1. The second-order valence-electron chi connectivity index (χ2n) is 7.62. The molecule has 1 unspecified atom stereocenters. The van der Waals surface area contributed by atoms with E-state index in [1.807, 2.05) is 39.0 Å². The summed E-state index contributed by atoms with van der Waals surface area (Å²) in [6.07, 6.45) is 0.619. The van der Waals surface area contributed by atoms with Gasteiger partial charge < -0.3 is 10.1 Å². The van der Waals surface area contributed by atoms with Crippen LogP contribution in [0.3, 0.4) is 0 Å². The molecule has 1 fully saturated rings. The van der Waals surface area contributed by atoms with Crippen molar-refractivity contribution < 1.29 is 19.2 Å². The number of para-hydroxylation sites is 1. The average molecular weight is 471 g/mol. The maximum absolute atomic E-state index is 13.0. The molecule has 9 nitrogen and oxygen atoms in total. The number of carbonyl (C=O) groups excluding carboxylic acids is 2. The van der Waals surface area contributed by atoms with E-state index in [4.69, 9.17) is 9.73 Å². The fourth-order valence-electron chi connectivity index (χ4n) is 3.50. The van der Waals surface area contributed by atoms with Gasteiger partial charge in [-0.15, -0.1) is 0 Å². The number of nitrogens with one attached hydrogen (secondary N) is 1. The van der Waals surface area contributed by atoms with E-state index >= 15 is 0 Å². The van der Waals surface area contributed by atoms with Gasteiger partial charge in [0.25, 0.3) is 5.69 Å². The van der Waals surface area contributed by atoms with Gasteiger partial charge >= 0.3 is 0 Å². The zero-order chi connectivity index (χ0) is 24.1. The average Bonchev–Trinajstić information content (AvgIpc) is 3.05. The van der Waals surface area contributed by atoms with Crippen molar-refractivity contribution in [3.05, 3.63) is 57.6 Å². The number of nitro groups is 1. The number of amides is 2. The normalized spacial score (nSPS) is 16.8. The molecule has 10 heteroatoms. The zero-order valence-corrected chi connectivity index (χ0v) is 19.8. The summed E-state index contributed by atoms with van der Waals surface area (Å²) in [7, 11) is 1.40. The van der Waals surface area contributed by atoms with Gasteiger partial charge in [0.1, 0.15) is 16.7 Å². The van der Waals surface area contributed by atoms with Crippen molar-refractivity contribution in [1.82, 2.24) is 4.90 Å². The highest BCUT2D eigenvalue weighted by molar-refractivity contribution is 8.15. The number of aryl methyl sites for hydroxylation is 2. The Balaban J connectivity index is 1.80. The number of hydrogen-bond donors (Lipinski definition) is 1. The lowest BCUT2D eigenvalue weighted by molar-refractivity contribution is -0.384. The van der Waals surface area contributed by atoms with Crippen molar-refractivity contribution >= 4 is 45.8 Å². The van der Waals surface area contributed by atoms with Gasteiger partial charge in [0.05, 0.1) is 23.8 Å². The predicted octanol–water partition coefficient (Wildman–Crippen LogP) is 4.59. The molecule has 33 heavy (non-hydrogen) atoms. The van der Waals surface area contributed by atoms with Gasteiger partial charge in [-0.05, 0) is 43.5 Å². The molecule has 0 spiro atoms. The Morgan fingerprint density at radius 3 is 2.58 bits per heavy atom. The van der Waals surface area contributed by atoms with Crippen LogP contribution in [-0.4, -0.2) is 45.7 Å². The molecular weight excluding hydrogens is 444 g/mol. The van der Waals surface area contributed by atoms with Crippen molar-refractivity contribution in [3.63, 3.8) is 0 Å². The first-order valence-electron chi connectivity index (χ1n) is 10.5. The SMILES string of the molecule is CCCN1C(=O)C(CC(=O)Nc2ccc(OC)cc2[N+](=O)[O-])SC1=Nc1c(C)cccc1C. The summed E-state index contributed by atoms with van der Waals surface area (Å²) in [5, 5.41) is 13.8. The number of nitro benzene ring substituents is 1. The summed E-state index contributed by atoms with van der Waals surface area (Å²) in [5.74, 6) is -0.367. The number of rotatable bonds is 8. The van der Waals surface area contributed by atoms with Gasteiger partial charge in [0, 0.05) is 13.0 Å². The van der Waals surface area contributed by atoms with E-state index in [0.717, 1.165) is 23.2 Å². The number of aliphatic imine (C=N–C) groups is 1. The minimum Gasteiger partial charge on any atom is -0.496 e. The lowest BCUT2D eigenvalue weighted by Crippen LogP contribution is -2.34. The Labute approximate surface area is 196 Å². The van der Waals surface area contributed by atoms with Gasteiger partial charge in [0.2, 0.25) is 11.8 Å². The quantitative estimate of drug-likeness (QED) is 0.446. The molecule has 174 valence electrons. The molecule has 0 aliphatic carbocycles. The van der Waals surface area contributed by atoms with Crippen LogP contribution in [0.4, 0.5) is 17.1 Å². The summed E-state index contributed by atoms with van der Waals surface area (Å²) in [4.78, 5) is 42.9. The van der Waals surface area contributed by atoms with Gasteiger partial charge in [-0.25, -0.2) is 4.99 Å². The Hall–Kier alpha value is -3.40. The van der Waals surface area contributed by atoms with Crippen molar-refractivity contribution in [2.45, 2.75) is 38.9 Å². The highest BCUT2D eigenvalue weighted by Crippen LogP contribution is 2.34. The highest BCUT2D eigenvalue weighted by atomic mass is 32.2. The first kappa shape index (κ1) is 24.2. The minimum atomic E-state index is -0.656. The summed E-state index contributed by atoms with van der Waals surface area (Å²) < 4.78 is 5.01. The van der Waals surface area contributed by atoms with Gasteiger partial charge in [-0.3, -0.25) is 24.6 Å². The molecule has 0 saturated carbocycles. The smallest absolute Gasteiger partial charge is 0.296 e. The van der Waals surface area contributed by atoms with Crippen LogP contribution in [-0.2, 0) is 9.59 Å². The molecule has 1 saturated heterocycles. The molecule has 1 aliphatic heterocycles. The largest absolute Gasteiger partial charge is 0.496 e. The van der Waals surface area contributed by atoms with Crippen molar-refractivity contribution in [3.8, 4) is 5.75 Å². The number of anilines is 1. The molecule has 2 amide bonds. The molecule has 3 rings (SSSR count). The Kier molecular flexibility index (Phi) is 7.70. The van der Waals surface area contributed by atoms with Crippen molar-refractivity contribution in [2.75, 3.05) is 19.0 Å². The molecule has 0 aromatic heterocycles. The van der Waals surface area contributed by atoms with E-state index in [1.165, 1.54) is 37.1 Å². The second-order valence-corrected chi connectivity index (χ2v) is 8.79. The van der Waals surface area contributed by atoms with Crippen LogP contribution >= 0.6 is 11.8 Å². The summed E-state index contributed by atoms with van der Waals surface area (Å²) >= 11 is 1.25. The predicted molar refractivity (Wildman–Crippen MR) is 129 cm³/mol. The number of amidine groups is 1. The molecule has 1 N–H and O–H groups in total. The maximum Gasteiger partial charge on any atom is 0.296 e. The van der Waals surface area contributed by atoms with Gasteiger partial charge in [-0.1, -0.05) is 36.9 Å². The van der Waals surface area contributed by atoms with Crippen LogP contribution in [0.25, 0.3) is 0 Å². The highest BCUT2D eigenvalue weighted by Gasteiger charge is 2.39. The number of carbonyl (C=O) groups is 2. The van der Waals surface area contributed by atoms with E-state index in [1.54, 1.807) is 4.90 Å². The number of methoxy groups -OCH3 is 1. The summed E-state index contributed by atoms with van der Waals surface area (Å²) in [5.41, 5.74) is 2.59. The zero-order valence-electron chi connectivity index (χ0n) is 19.0. The number of benzene rings is 2. The van der Waals surface area contributed by atoms with E-state index in [9.17, 15) is 19.7 Å². The van der Waals surface area contributed by atoms with Crippen LogP contribution in [0, 0.1) is 24.0 Å². The molecule has 1 atom stereocenters. The van der Waals surface area contributed by atoms with E-state index in [-0.39, 0.29) is 23.7 Å². The van der Waals surface area contributed by atoms with E-state index in [2.05, 4.69) is 5.32 Å². The molecular formula is C23H26N4O5S. The third-order valence-corrected chi connectivity index (χ3v) is 6.34. The van der Waals surface area contributed by atoms with Crippen molar-refractivity contribution in [1.29, 1.82) is 0 Å². The number of hydrogen-bond acceptors (Lipinski definition) is 7. The second kappa shape index (κ2) is 10.5. The third kappa shape index (κ3) is 5.51. The van der Waals surface area contributed by atoms with Crippen molar-refractivity contribution in [2.24, 2.45) is 4.99 Å². The lowest BCUT2D eigenvalue weighted by atomic mass is 10.1. The molecule has 2 aromatic rings. The van der Waals surface area contributed by atoms with Crippen LogP contribution in [0.15, 0.2) is 41.4 Å². The number of nitrogens with zero attached hydrogens (tertiary/aromatic N) is 3. The Morgan fingerprint density at radius 1 is 1.27 bits per heavy atom. The topological polar surface area (TPSA) is 114 Å². The van der Waals surface area contributed by atoms with Crippen LogP contribution in [0.1, 0.15) is 30.9 Å². The summed E-state index contributed by atoms with van der Waals surface area (Å²) in [6.45, 7) is 6.39. The molecule has 1 heterocycles. The first-order chi connectivity index (χ1) is 15.7. The van der Waals surface area contributed by atoms with Gasteiger partial charge in [0.15, 0.2) is 5.17 Å². The van der Waals surface area contributed by atoms with E-state index in [0.29, 0.717) is 17.5 Å². The molecule has 0 bridgehead atoms. The minimum absolute atomic E-state index is 0.0519. The molecule has 0 radical (unpaired) electrons. The van der Waals surface area contributed by atoms with Crippen LogP contribution in [0.2, 0.25) is 0 Å². The molecule has 2 aromatic carbocycles. The Bertz CT molecular complexity index is 1100. The Morgan fingerprint density at radius 2 is 1.97 bits per heavy atom. The van der Waals surface area contributed by atoms with Gasteiger partial charge in [-0.2, -0.15) is 0 Å². The van der Waals surface area contributed by atoms with E-state index < -0.39 is 16.1 Å². The summed E-state index contributed by atoms with van der Waals surface area (Å²) in [6, 6.07) is 10.1. The fraction of sp³-hybridized carbons (Fsp3) is 0.348.